The predicted molar refractivity (Wildman–Crippen MR) is 94.3 cm³/mol. The maximum absolute atomic E-state index is 9.56. The summed E-state index contributed by atoms with van der Waals surface area (Å²) in [5.41, 5.74) is 3.95. The lowest BCUT2D eigenvalue weighted by Gasteiger charge is -2.19. The lowest BCUT2D eigenvalue weighted by atomic mass is 9.82. The standard InChI is InChI=1S/C20H15N4/c1-20(2,12-21)15-9-5-3-7-13(15)19-18-14-8-4-6-10-16(14)22-11-17(18)23-24-19/h3,5-11H,1-2H3,(H,23,24). The molecule has 0 unspecified atom stereocenters. The van der Waals surface area contributed by atoms with Gasteiger partial charge in [0.2, 0.25) is 0 Å². The molecular weight excluding hydrogens is 296 g/mol. The Morgan fingerprint density at radius 3 is 2.88 bits per heavy atom. The summed E-state index contributed by atoms with van der Waals surface area (Å²) in [5.74, 6) is 0. The van der Waals surface area contributed by atoms with Crippen LogP contribution >= 0.6 is 0 Å². The quantitative estimate of drug-likeness (QED) is 0.597. The molecule has 1 radical (unpaired) electrons. The summed E-state index contributed by atoms with van der Waals surface area (Å²) in [6.45, 7) is 3.85. The monoisotopic (exact) mass is 311 g/mol. The van der Waals surface area contributed by atoms with Crippen LogP contribution in [0, 0.1) is 17.4 Å². The molecule has 0 saturated carbocycles. The summed E-state index contributed by atoms with van der Waals surface area (Å²) in [4.78, 5) is 4.46. The summed E-state index contributed by atoms with van der Waals surface area (Å²) >= 11 is 0. The van der Waals surface area contributed by atoms with Crippen molar-refractivity contribution < 1.29 is 0 Å². The van der Waals surface area contributed by atoms with E-state index in [1.165, 1.54) is 0 Å². The molecule has 0 amide bonds. The van der Waals surface area contributed by atoms with Crippen LogP contribution in [-0.2, 0) is 5.41 Å². The Morgan fingerprint density at radius 2 is 2.04 bits per heavy atom. The zero-order valence-electron chi connectivity index (χ0n) is 13.5. The molecule has 0 saturated heterocycles. The lowest BCUT2D eigenvalue weighted by Crippen LogP contribution is -2.15. The largest absolute Gasteiger partial charge is 0.276 e. The van der Waals surface area contributed by atoms with Gasteiger partial charge in [-0.2, -0.15) is 10.4 Å². The smallest absolute Gasteiger partial charge is 0.101 e. The van der Waals surface area contributed by atoms with Crippen LogP contribution in [0.1, 0.15) is 19.4 Å². The first kappa shape index (κ1) is 14.4. The fourth-order valence-electron chi connectivity index (χ4n) is 3.08. The van der Waals surface area contributed by atoms with Crippen molar-refractivity contribution in [2.24, 2.45) is 0 Å². The molecule has 2 aromatic carbocycles. The van der Waals surface area contributed by atoms with E-state index < -0.39 is 5.41 Å². The lowest BCUT2D eigenvalue weighted by molar-refractivity contribution is 0.688. The number of aromatic amines is 1. The van der Waals surface area contributed by atoms with Crippen molar-refractivity contribution in [3.05, 3.63) is 60.3 Å². The molecule has 0 fully saturated rings. The number of pyridine rings is 1. The van der Waals surface area contributed by atoms with E-state index in [9.17, 15) is 5.26 Å². The number of aromatic nitrogens is 3. The van der Waals surface area contributed by atoms with Gasteiger partial charge in [-0.1, -0.05) is 30.3 Å². The Morgan fingerprint density at radius 1 is 1.21 bits per heavy atom. The van der Waals surface area contributed by atoms with E-state index in [0.717, 1.165) is 38.6 Å². The minimum atomic E-state index is -0.600. The number of benzene rings is 2. The first-order valence-electron chi connectivity index (χ1n) is 7.76. The van der Waals surface area contributed by atoms with Crippen LogP contribution in [0.15, 0.2) is 48.7 Å². The first-order valence-corrected chi connectivity index (χ1v) is 7.76. The number of nitrogens with zero attached hydrogens (tertiary/aromatic N) is 3. The maximum Gasteiger partial charge on any atom is 0.101 e. The zero-order valence-corrected chi connectivity index (χ0v) is 13.5. The van der Waals surface area contributed by atoms with E-state index in [4.69, 9.17) is 0 Å². The predicted octanol–water partition coefficient (Wildman–Crippen LogP) is 4.38. The van der Waals surface area contributed by atoms with Crippen molar-refractivity contribution in [3.63, 3.8) is 0 Å². The van der Waals surface area contributed by atoms with Gasteiger partial charge in [-0.15, -0.1) is 0 Å². The fourth-order valence-corrected chi connectivity index (χ4v) is 3.08. The van der Waals surface area contributed by atoms with Crippen molar-refractivity contribution in [3.8, 4) is 17.3 Å². The van der Waals surface area contributed by atoms with Gasteiger partial charge in [-0.3, -0.25) is 10.1 Å². The van der Waals surface area contributed by atoms with E-state index in [1.807, 2.05) is 56.3 Å². The average Bonchev–Trinajstić information content (AvgIpc) is 3.06. The summed E-state index contributed by atoms with van der Waals surface area (Å²) in [6.07, 6.45) is 1.80. The molecule has 2 aromatic heterocycles. The maximum atomic E-state index is 9.56. The number of nitriles is 1. The highest BCUT2D eigenvalue weighted by Crippen LogP contribution is 2.37. The number of nitrogens with one attached hydrogen (secondary N) is 1. The van der Waals surface area contributed by atoms with Crippen molar-refractivity contribution in [1.29, 1.82) is 5.26 Å². The van der Waals surface area contributed by atoms with E-state index >= 15 is 0 Å². The SMILES string of the molecule is CC(C)(C#N)c1ccccc1-c1n[nH]c2cnc3cc[c]cc3c12. The Hall–Kier alpha value is -3.19. The van der Waals surface area contributed by atoms with Crippen LogP contribution in [0.4, 0.5) is 0 Å². The van der Waals surface area contributed by atoms with Gasteiger partial charge in [-0.05, 0) is 37.6 Å². The molecule has 0 aliphatic rings. The van der Waals surface area contributed by atoms with Crippen LogP contribution in [-0.4, -0.2) is 15.2 Å². The molecular formula is C20H15N4. The summed E-state index contributed by atoms with van der Waals surface area (Å²) in [6, 6.07) is 19.2. The Kier molecular flexibility index (Phi) is 3.10. The van der Waals surface area contributed by atoms with Gasteiger partial charge in [-0.25, -0.2) is 0 Å². The number of rotatable bonds is 2. The molecule has 0 aliphatic carbocycles. The van der Waals surface area contributed by atoms with E-state index in [-0.39, 0.29) is 0 Å². The van der Waals surface area contributed by atoms with Gasteiger partial charge in [0.05, 0.1) is 28.7 Å². The highest BCUT2D eigenvalue weighted by atomic mass is 15.1. The van der Waals surface area contributed by atoms with Gasteiger partial charge in [0.25, 0.3) is 0 Å². The Balaban J connectivity index is 2.10. The van der Waals surface area contributed by atoms with Crippen LogP contribution in [0.3, 0.4) is 0 Å². The highest BCUT2D eigenvalue weighted by Gasteiger charge is 2.25. The van der Waals surface area contributed by atoms with Crippen molar-refractivity contribution in [2.45, 2.75) is 19.3 Å². The van der Waals surface area contributed by atoms with E-state index in [0.29, 0.717) is 0 Å². The fraction of sp³-hybridized carbons (Fsp3) is 0.150. The first-order chi connectivity index (χ1) is 11.6. The van der Waals surface area contributed by atoms with Crippen LogP contribution in [0.5, 0.6) is 0 Å². The third-order valence-corrected chi connectivity index (χ3v) is 4.37. The molecule has 1 N–H and O–H groups in total. The molecule has 115 valence electrons. The molecule has 0 aliphatic heterocycles. The van der Waals surface area contributed by atoms with E-state index in [1.54, 1.807) is 6.20 Å². The van der Waals surface area contributed by atoms with E-state index in [2.05, 4.69) is 27.3 Å². The average molecular weight is 311 g/mol. The normalized spacial score (nSPS) is 11.7. The minimum Gasteiger partial charge on any atom is -0.276 e. The molecule has 24 heavy (non-hydrogen) atoms. The zero-order chi connectivity index (χ0) is 16.7. The molecule has 0 atom stereocenters. The van der Waals surface area contributed by atoms with Crippen molar-refractivity contribution in [1.82, 2.24) is 15.2 Å². The summed E-state index contributed by atoms with van der Waals surface area (Å²) < 4.78 is 0. The molecule has 2 heterocycles. The third kappa shape index (κ3) is 2.06. The number of H-pyrrole nitrogens is 1. The van der Waals surface area contributed by atoms with Gasteiger partial charge < -0.3 is 0 Å². The van der Waals surface area contributed by atoms with Crippen LogP contribution < -0.4 is 0 Å². The Bertz CT molecular complexity index is 1100. The molecule has 4 nitrogen and oxygen atoms in total. The number of hydrogen-bond donors (Lipinski definition) is 1. The second-order valence-corrected chi connectivity index (χ2v) is 6.34. The van der Waals surface area contributed by atoms with Gasteiger partial charge in [0.1, 0.15) is 5.69 Å². The van der Waals surface area contributed by atoms with Gasteiger partial charge >= 0.3 is 0 Å². The van der Waals surface area contributed by atoms with Crippen molar-refractivity contribution in [2.75, 3.05) is 0 Å². The minimum absolute atomic E-state index is 0.600. The highest BCUT2D eigenvalue weighted by molar-refractivity contribution is 6.11. The second-order valence-electron chi connectivity index (χ2n) is 6.34. The molecule has 0 bridgehead atoms. The summed E-state index contributed by atoms with van der Waals surface area (Å²) in [5, 5.41) is 19.2. The van der Waals surface area contributed by atoms with Gasteiger partial charge in [0, 0.05) is 16.3 Å². The summed E-state index contributed by atoms with van der Waals surface area (Å²) in [7, 11) is 0. The van der Waals surface area contributed by atoms with Crippen LogP contribution in [0.25, 0.3) is 33.1 Å². The van der Waals surface area contributed by atoms with Crippen LogP contribution in [0.2, 0.25) is 0 Å². The number of fused-ring (bicyclic) bond motifs is 3. The van der Waals surface area contributed by atoms with Crippen molar-refractivity contribution >= 4 is 21.8 Å². The number of hydrogen-bond acceptors (Lipinski definition) is 3. The topological polar surface area (TPSA) is 65.4 Å². The second kappa shape index (κ2) is 5.17. The van der Waals surface area contributed by atoms with Gasteiger partial charge in [0.15, 0.2) is 0 Å². The molecule has 4 heteroatoms. The third-order valence-electron chi connectivity index (χ3n) is 4.37. The molecule has 4 rings (SSSR count). The Labute approximate surface area is 139 Å². The molecule has 4 aromatic rings. The molecule has 0 spiro atoms.